The van der Waals surface area contributed by atoms with Crippen LogP contribution in [0.1, 0.15) is 5.56 Å². The second-order valence-corrected chi connectivity index (χ2v) is 6.73. The van der Waals surface area contributed by atoms with Crippen LogP contribution in [0.3, 0.4) is 0 Å². The molecule has 2 heterocycles. The summed E-state index contributed by atoms with van der Waals surface area (Å²) in [6.07, 6.45) is 0. The zero-order valence-corrected chi connectivity index (χ0v) is 12.6. The van der Waals surface area contributed by atoms with Gasteiger partial charge in [0.25, 0.3) is 0 Å². The predicted molar refractivity (Wildman–Crippen MR) is 81.3 cm³/mol. The first-order chi connectivity index (χ1) is 9.66. The Labute approximate surface area is 121 Å². The summed E-state index contributed by atoms with van der Waals surface area (Å²) in [7, 11) is 1.32. The minimum Gasteiger partial charge on any atom is -0.339 e. The fourth-order valence-electron chi connectivity index (χ4n) is 2.49. The predicted octanol–water partition coefficient (Wildman–Crippen LogP) is 1.36. The molecule has 3 rings (SSSR count). The van der Waals surface area contributed by atoms with Crippen LogP contribution in [-0.4, -0.2) is 43.6 Å². The van der Waals surface area contributed by atoms with E-state index in [1.165, 1.54) is 5.56 Å². The van der Waals surface area contributed by atoms with Crippen LogP contribution >= 0.6 is 0 Å². The summed E-state index contributed by atoms with van der Waals surface area (Å²) in [5.41, 5.74) is 2.30. The summed E-state index contributed by atoms with van der Waals surface area (Å²) in [4.78, 5) is 2.16. The molecule has 0 aliphatic carbocycles. The van der Waals surface area contributed by atoms with Crippen molar-refractivity contribution in [2.24, 2.45) is 7.05 Å². The Bertz CT molecular complexity index is 642. The van der Waals surface area contributed by atoms with E-state index in [9.17, 15) is 4.21 Å². The quantitative estimate of drug-likeness (QED) is 0.838. The second-order valence-electron chi connectivity index (χ2n) is 5.03. The van der Waals surface area contributed by atoms with E-state index in [1.807, 2.05) is 23.7 Å². The minimum atomic E-state index is -0.673. The summed E-state index contributed by atoms with van der Waals surface area (Å²) < 4.78 is 13.5. The monoisotopic (exact) mass is 290 g/mol. The number of benzene rings is 1. The van der Waals surface area contributed by atoms with Gasteiger partial charge < -0.3 is 4.90 Å². The second kappa shape index (κ2) is 5.36. The Balaban J connectivity index is 1.93. The van der Waals surface area contributed by atoms with Crippen molar-refractivity contribution < 1.29 is 4.21 Å². The molecule has 0 bridgehead atoms. The normalized spacial score (nSPS) is 16.6. The van der Waals surface area contributed by atoms with Gasteiger partial charge in [0.2, 0.25) is 5.95 Å². The van der Waals surface area contributed by atoms with Crippen LogP contribution in [0.2, 0.25) is 0 Å². The zero-order valence-electron chi connectivity index (χ0n) is 11.7. The molecule has 0 amide bonds. The van der Waals surface area contributed by atoms with Crippen molar-refractivity contribution in [2.75, 3.05) is 29.5 Å². The number of aryl methyl sites for hydroxylation is 1. The molecule has 0 radical (unpaired) electrons. The van der Waals surface area contributed by atoms with Crippen molar-refractivity contribution >= 4 is 16.7 Å². The van der Waals surface area contributed by atoms with Crippen LogP contribution in [0.4, 0.5) is 5.95 Å². The molecule has 20 heavy (non-hydrogen) atoms. The molecule has 1 aromatic heterocycles. The Morgan fingerprint density at radius 3 is 2.55 bits per heavy atom. The van der Waals surface area contributed by atoms with Crippen molar-refractivity contribution in [1.29, 1.82) is 0 Å². The van der Waals surface area contributed by atoms with Crippen molar-refractivity contribution in [3.05, 3.63) is 29.8 Å². The Morgan fingerprint density at radius 2 is 1.85 bits per heavy atom. The van der Waals surface area contributed by atoms with Crippen LogP contribution in [0, 0.1) is 6.92 Å². The van der Waals surface area contributed by atoms with E-state index >= 15 is 0 Å². The lowest BCUT2D eigenvalue weighted by Gasteiger charge is -2.26. The Kier molecular flexibility index (Phi) is 3.56. The van der Waals surface area contributed by atoms with Gasteiger partial charge >= 0.3 is 0 Å². The third kappa shape index (κ3) is 2.35. The van der Waals surface area contributed by atoms with Crippen LogP contribution in [0.25, 0.3) is 11.4 Å². The molecule has 0 unspecified atom stereocenters. The van der Waals surface area contributed by atoms with E-state index in [1.54, 1.807) is 0 Å². The van der Waals surface area contributed by atoms with E-state index < -0.39 is 10.8 Å². The Morgan fingerprint density at radius 1 is 1.15 bits per heavy atom. The maximum absolute atomic E-state index is 11.4. The van der Waals surface area contributed by atoms with Gasteiger partial charge in [0.1, 0.15) is 0 Å². The molecule has 1 aliphatic rings. The summed E-state index contributed by atoms with van der Waals surface area (Å²) in [6, 6.07) is 8.18. The van der Waals surface area contributed by atoms with Gasteiger partial charge in [-0.2, -0.15) is 0 Å². The standard InChI is InChI=1S/C14H18N4OS/c1-11-5-3-4-6-12(11)13-15-16-14(17(13)2)18-7-9-20(19)10-8-18/h3-6H,7-10H2,1-2H3. The first kappa shape index (κ1) is 13.3. The molecule has 6 heteroatoms. The van der Waals surface area contributed by atoms with E-state index in [0.717, 1.165) is 30.4 Å². The maximum atomic E-state index is 11.4. The van der Waals surface area contributed by atoms with E-state index in [4.69, 9.17) is 0 Å². The molecule has 1 aromatic carbocycles. The minimum absolute atomic E-state index is 0.673. The molecule has 106 valence electrons. The number of aromatic nitrogens is 3. The lowest BCUT2D eigenvalue weighted by Crippen LogP contribution is -2.39. The van der Waals surface area contributed by atoms with Crippen molar-refractivity contribution in [3.63, 3.8) is 0 Å². The average Bonchev–Trinajstić information content (AvgIpc) is 2.82. The smallest absolute Gasteiger partial charge is 0.227 e. The Hall–Kier alpha value is -1.69. The van der Waals surface area contributed by atoms with Crippen LogP contribution in [0.5, 0.6) is 0 Å². The van der Waals surface area contributed by atoms with Crippen LogP contribution in [-0.2, 0) is 17.8 Å². The fourth-order valence-corrected chi connectivity index (χ4v) is 3.54. The highest BCUT2D eigenvalue weighted by molar-refractivity contribution is 7.85. The van der Waals surface area contributed by atoms with Gasteiger partial charge in [0.15, 0.2) is 5.82 Å². The van der Waals surface area contributed by atoms with Gasteiger partial charge in [0.05, 0.1) is 0 Å². The number of hydrogen-bond donors (Lipinski definition) is 0. The number of rotatable bonds is 2. The highest BCUT2D eigenvalue weighted by Crippen LogP contribution is 2.24. The fraction of sp³-hybridized carbons (Fsp3) is 0.429. The molecular formula is C14H18N4OS. The first-order valence-electron chi connectivity index (χ1n) is 6.72. The SMILES string of the molecule is Cc1ccccc1-c1nnc(N2CCS(=O)CC2)n1C. The summed E-state index contributed by atoms with van der Waals surface area (Å²) in [6.45, 7) is 3.65. The van der Waals surface area contributed by atoms with E-state index in [2.05, 4.69) is 34.2 Å². The number of anilines is 1. The number of hydrogen-bond acceptors (Lipinski definition) is 4. The van der Waals surface area contributed by atoms with Crippen molar-refractivity contribution in [2.45, 2.75) is 6.92 Å². The van der Waals surface area contributed by atoms with Gasteiger partial charge in [-0.1, -0.05) is 24.3 Å². The lowest BCUT2D eigenvalue weighted by atomic mass is 10.1. The molecule has 5 nitrogen and oxygen atoms in total. The molecule has 1 aliphatic heterocycles. The summed E-state index contributed by atoms with van der Waals surface area (Å²) >= 11 is 0. The van der Waals surface area contributed by atoms with Gasteiger partial charge in [-0.15, -0.1) is 10.2 Å². The molecule has 0 N–H and O–H groups in total. The van der Waals surface area contributed by atoms with Gasteiger partial charge in [-0.05, 0) is 12.5 Å². The summed E-state index contributed by atoms with van der Waals surface area (Å²) in [5.74, 6) is 3.17. The zero-order chi connectivity index (χ0) is 14.1. The van der Waals surface area contributed by atoms with E-state index in [-0.39, 0.29) is 0 Å². The van der Waals surface area contributed by atoms with Crippen LogP contribution in [0.15, 0.2) is 24.3 Å². The highest BCUT2D eigenvalue weighted by Gasteiger charge is 2.21. The summed E-state index contributed by atoms with van der Waals surface area (Å²) in [5, 5.41) is 8.66. The largest absolute Gasteiger partial charge is 0.339 e. The molecule has 1 fully saturated rings. The van der Waals surface area contributed by atoms with Crippen molar-refractivity contribution in [3.8, 4) is 11.4 Å². The average molecular weight is 290 g/mol. The molecule has 0 atom stereocenters. The van der Waals surface area contributed by atoms with Crippen molar-refractivity contribution in [1.82, 2.24) is 14.8 Å². The number of nitrogens with zero attached hydrogens (tertiary/aromatic N) is 4. The van der Waals surface area contributed by atoms with E-state index in [0.29, 0.717) is 11.5 Å². The van der Waals surface area contributed by atoms with Gasteiger partial charge in [0, 0.05) is 48.0 Å². The molecular weight excluding hydrogens is 272 g/mol. The molecule has 0 spiro atoms. The first-order valence-corrected chi connectivity index (χ1v) is 8.21. The third-order valence-electron chi connectivity index (χ3n) is 3.70. The maximum Gasteiger partial charge on any atom is 0.227 e. The lowest BCUT2D eigenvalue weighted by molar-refractivity contribution is 0.669. The van der Waals surface area contributed by atoms with Gasteiger partial charge in [-0.25, -0.2) is 0 Å². The van der Waals surface area contributed by atoms with Gasteiger partial charge in [-0.3, -0.25) is 8.78 Å². The molecule has 0 saturated carbocycles. The molecule has 1 saturated heterocycles. The molecule has 2 aromatic rings. The topological polar surface area (TPSA) is 51.0 Å². The highest BCUT2D eigenvalue weighted by atomic mass is 32.2. The third-order valence-corrected chi connectivity index (χ3v) is 4.97. The van der Waals surface area contributed by atoms with Crippen LogP contribution < -0.4 is 4.90 Å².